The number of thiophene rings is 1. The smallest absolute Gasteiger partial charge is 0.235 e. The molecule has 0 fully saturated rings. The molecule has 25 heavy (non-hydrogen) atoms. The maximum absolute atomic E-state index is 12.2. The van der Waals surface area contributed by atoms with E-state index in [1.165, 1.54) is 17.3 Å². The maximum Gasteiger partial charge on any atom is 0.235 e. The van der Waals surface area contributed by atoms with Gasteiger partial charge in [-0.05, 0) is 23.9 Å². The molecule has 0 saturated heterocycles. The number of rotatable bonds is 6. The Balaban J connectivity index is 1.94. The van der Waals surface area contributed by atoms with Gasteiger partial charge in [-0.15, -0.1) is 21.5 Å². The molecule has 2 heterocycles. The molecule has 0 unspecified atom stereocenters. The number of hydrogen-bond donors (Lipinski definition) is 0. The molecule has 3 rings (SSSR count). The molecule has 1 atom stereocenters. The van der Waals surface area contributed by atoms with Crippen molar-refractivity contribution in [3.63, 3.8) is 0 Å². The quantitative estimate of drug-likeness (QED) is 0.620. The van der Waals surface area contributed by atoms with Gasteiger partial charge in [-0.3, -0.25) is 9.36 Å². The molecule has 2 aromatic heterocycles. The second-order valence-electron chi connectivity index (χ2n) is 5.85. The van der Waals surface area contributed by atoms with E-state index in [1.807, 2.05) is 42.6 Å². The number of nitrogens with zero attached hydrogens (tertiary/aromatic N) is 4. The van der Waals surface area contributed by atoms with Gasteiger partial charge in [0.05, 0.1) is 16.7 Å². The van der Waals surface area contributed by atoms with Gasteiger partial charge in [0.15, 0.2) is 11.0 Å². The highest BCUT2D eigenvalue weighted by atomic mass is 32.2. The lowest BCUT2D eigenvalue weighted by Crippen LogP contribution is -2.29. The number of carbonyl (C=O) groups is 1. The normalized spacial score (nSPS) is 12.1. The van der Waals surface area contributed by atoms with Crippen molar-refractivity contribution in [1.29, 1.82) is 0 Å². The number of aromatic nitrogens is 3. The second kappa shape index (κ2) is 7.84. The summed E-state index contributed by atoms with van der Waals surface area (Å²) in [7, 11) is 3.54. The van der Waals surface area contributed by atoms with Crippen LogP contribution in [0.4, 0.5) is 0 Å². The Morgan fingerprint density at radius 3 is 2.60 bits per heavy atom. The Bertz CT molecular complexity index is 828. The van der Waals surface area contributed by atoms with Crippen molar-refractivity contribution in [3.8, 4) is 10.7 Å². The van der Waals surface area contributed by atoms with E-state index in [-0.39, 0.29) is 11.2 Å². The van der Waals surface area contributed by atoms with E-state index in [4.69, 9.17) is 0 Å². The molecular formula is C18H20N4OS2. The number of hydrogen-bond acceptors (Lipinski definition) is 5. The molecule has 5 nitrogen and oxygen atoms in total. The Morgan fingerprint density at radius 1 is 1.20 bits per heavy atom. The third-order valence-corrected chi connectivity index (χ3v) is 5.65. The highest BCUT2D eigenvalue weighted by Gasteiger charge is 2.22. The Morgan fingerprint density at radius 2 is 1.96 bits per heavy atom. The number of thioether (sulfide) groups is 1. The van der Waals surface area contributed by atoms with E-state index in [1.54, 1.807) is 30.3 Å². The fraction of sp³-hybridized carbons (Fsp3) is 0.278. The van der Waals surface area contributed by atoms with Crippen LogP contribution in [-0.2, 0) is 11.3 Å². The highest BCUT2D eigenvalue weighted by molar-refractivity contribution is 8.00. The van der Waals surface area contributed by atoms with Gasteiger partial charge >= 0.3 is 0 Å². The summed E-state index contributed by atoms with van der Waals surface area (Å²) in [5, 5.41) is 11.3. The molecule has 0 bridgehead atoms. The van der Waals surface area contributed by atoms with Gasteiger partial charge in [0.25, 0.3) is 0 Å². The van der Waals surface area contributed by atoms with Crippen LogP contribution in [0.3, 0.4) is 0 Å². The van der Waals surface area contributed by atoms with E-state index in [9.17, 15) is 4.79 Å². The summed E-state index contributed by atoms with van der Waals surface area (Å²) in [6.45, 7) is 2.58. The minimum Gasteiger partial charge on any atom is -0.348 e. The molecular weight excluding hydrogens is 352 g/mol. The van der Waals surface area contributed by atoms with Gasteiger partial charge in [-0.2, -0.15) is 0 Å². The number of benzene rings is 1. The first kappa shape index (κ1) is 17.7. The molecule has 0 saturated carbocycles. The monoisotopic (exact) mass is 372 g/mol. The molecule has 130 valence electrons. The third-order valence-electron chi connectivity index (χ3n) is 3.71. The highest BCUT2D eigenvalue weighted by Crippen LogP contribution is 2.30. The van der Waals surface area contributed by atoms with Gasteiger partial charge in [-0.25, -0.2) is 0 Å². The molecule has 1 amide bonds. The predicted molar refractivity (Wildman–Crippen MR) is 103 cm³/mol. The SMILES string of the molecule is C[C@@H](Sc1nnc(-c2cccs2)n1Cc1ccccc1)C(=O)N(C)C. The summed E-state index contributed by atoms with van der Waals surface area (Å²) >= 11 is 3.08. The molecule has 0 N–H and O–H groups in total. The summed E-state index contributed by atoms with van der Waals surface area (Å²) in [6.07, 6.45) is 0. The van der Waals surface area contributed by atoms with Crippen LogP contribution in [-0.4, -0.2) is 44.9 Å². The van der Waals surface area contributed by atoms with Crippen molar-refractivity contribution in [2.24, 2.45) is 0 Å². The van der Waals surface area contributed by atoms with Crippen LogP contribution in [0.15, 0.2) is 53.0 Å². The van der Waals surface area contributed by atoms with Gasteiger partial charge in [0.2, 0.25) is 5.91 Å². The van der Waals surface area contributed by atoms with Gasteiger partial charge in [-0.1, -0.05) is 48.2 Å². The Labute approximate surface area is 155 Å². The zero-order valence-corrected chi connectivity index (χ0v) is 16.0. The fourth-order valence-electron chi connectivity index (χ4n) is 2.44. The standard InChI is InChI=1S/C18H20N4OS2/c1-13(17(23)21(2)3)25-18-20-19-16(15-10-7-11-24-15)22(18)12-14-8-5-4-6-9-14/h4-11,13H,12H2,1-3H3/t13-/m1/s1. The van der Waals surface area contributed by atoms with Crippen LogP contribution in [0.1, 0.15) is 12.5 Å². The lowest BCUT2D eigenvalue weighted by atomic mass is 10.2. The lowest BCUT2D eigenvalue weighted by molar-refractivity contribution is -0.127. The van der Waals surface area contributed by atoms with Crippen molar-refractivity contribution in [3.05, 3.63) is 53.4 Å². The van der Waals surface area contributed by atoms with Crippen molar-refractivity contribution in [2.45, 2.75) is 23.9 Å². The minimum absolute atomic E-state index is 0.0666. The van der Waals surface area contributed by atoms with Crippen LogP contribution in [0.5, 0.6) is 0 Å². The number of amides is 1. The fourth-order valence-corrected chi connectivity index (χ4v) is 4.16. The largest absolute Gasteiger partial charge is 0.348 e. The van der Waals surface area contributed by atoms with Gasteiger partial charge < -0.3 is 4.90 Å². The molecule has 1 aromatic carbocycles. The van der Waals surface area contributed by atoms with Crippen molar-refractivity contribution in [2.75, 3.05) is 14.1 Å². The first-order valence-electron chi connectivity index (χ1n) is 7.95. The van der Waals surface area contributed by atoms with Gasteiger partial charge in [0, 0.05) is 14.1 Å². The molecule has 0 spiro atoms. The van der Waals surface area contributed by atoms with Crippen LogP contribution in [0.25, 0.3) is 10.7 Å². The second-order valence-corrected chi connectivity index (χ2v) is 8.10. The van der Waals surface area contributed by atoms with Crippen LogP contribution < -0.4 is 0 Å². The van der Waals surface area contributed by atoms with E-state index in [2.05, 4.69) is 26.9 Å². The summed E-state index contributed by atoms with van der Waals surface area (Å²) in [5.41, 5.74) is 1.17. The summed E-state index contributed by atoms with van der Waals surface area (Å²) in [5.74, 6) is 0.905. The minimum atomic E-state index is -0.218. The van der Waals surface area contributed by atoms with Crippen LogP contribution >= 0.6 is 23.1 Å². The van der Waals surface area contributed by atoms with Crippen molar-refractivity contribution >= 4 is 29.0 Å². The van der Waals surface area contributed by atoms with E-state index < -0.39 is 0 Å². The first-order valence-corrected chi connectivity index (χ1v) is 9.71. The molecule has 0 aliphatic rings. The zero-order valence-electron chi connectivity index (χ0n) is 14.4. The third kappa shape index (κ3) is 4.11. The van der Waals surface area contributed by atoms with E-state index >= 15 is 0 Å². The molecule has 7 heteroatoms. The van der Waals surface area contributed by atoms with E-state index in [0.29, 0.717) is 6.54 Å². The molecule has 0 aliphatic heterocycles. The average Bonchev–Trinajstić information content (AvgIpc) is 3.25. The zero-order chi connectivity index (χ0) is 17.8. The summed E-state index contributed by atoms with van der Waals surface area (Å²) < 4.78 is 2.09. The Kier molecular flexibility index (Phi) is 5.55. The molecule has 0 aliphatic carbocycles. The molecule has 3 aromatic rings. The first-order chi connectivity index (χ1) is 12.1. The van der Waals surface area contributed by atoms with Crippen LogP contribution in [0, 0.1) is 0 Å². The van der Waals surface area contributed by atoms with Crippen molar-refractivity contribution < 1.29 is 4.79 Å². The van der Waals surface area contributed by atoms with E-state index in [0.717, 1.165) is 15.9 Å². The van der Waals surface area contributed by atoms with Gasteiger partial charge in [0.1, 0.15) is 0 Å². The van der Waals surface area contributed by atoms with Crippen molar-refractivity contribution in [1.82, 2.24) is 19.7 Å². The predicted octanol–water partition coefficient (Wildman–Crippen LogP) is 3.62. The molecule has 0 radical (unpaired) electrons. The van der Waals surface area contributed by atoms with Crippen LogP contribution in [0.2, 0.25) is 0 Å². The summed E-state index contributed by atoms with van der Waals surface area (Å²) in [6, 6.07) is 14.3. The topological polar surface area (TPSA) is 51.0 Å². The average molecular weight is 373 g/mol. The number of carbonyl (C=O) groups excluding carboxylic acids is 1. The summed E-state index contributed by atoms with van der Waals surface area (Å²) in [4.78, 5) is 14.9. The lowest BCUT2D eigenvalue weighted by Gasteiger charge is -2.16. The maximum atomic E-state index is 12.2. The Hall–Kier alpha value is -2.12.